The lowest BCUT2D eigenvalue weighted by molar-refractivity contribution is -0.117. The summed E-state index contributed by atoms with van der Waals surface area (Å²) in [7, 11) is 1.83. The molecule has 0 saturated carbocycles. The van der Waals surface area contributed by atoms with Gasteiger partial charge in [-0.3, -0.25) is 4.79 Å². The van der Waals surface area contributed by atoms with Crippen molar-refractivity contribution in [2.75, 3.05) is 18.6 Å². The summed E-state index contributed by atoms with van der Waals surface area (Å²) in [6, 6.07) is 6.20. The van der Waals surface area contributed by atoms with Gasteiger partial charge in [0.05, 0.1) is 12.1 Å². The van der Waals surface area contributed by atoms with E-state index < -0.39 is 0 Å². The van der Waals surface area contributed by atoms with E-state index in [1.54, 1.807) is 16.2 Å². The van der Waals surface area contributed by atoms with Crippen LogP contribution >= 0.6 is 11.3 Å². The number of nitrogens with zero attached hydrogens (tertiary/aromatic N) is 2. The maximum Gasteiger partial charge on any atom is 0.231 e. The summed E-state index contributed by atoms with van der Waals surface area (Å²) in [4.78, 5) is 19.6. The number of carbonyl (C=O) groups excluding carboxylic acids is 1. The number of aromatic nitrogens is 1. The summed E-state index contributed by atoms with van der Waals surface area (Å²) in [5, 5.41) is 1.08. The second-order valence-corrected chi connectivity index (χ2v) is 7.17. The van der Waals surface area contributed by atoms with Crippen LogP contribution in [0.4, 0.5) is 5.69 Å². The molecule has 2 aliphatic rings. The largest absolute Gasteiger partial charge is 0.371 e. The molecule has 4 rings (SSSR count). The van der Waals surface area contributed by atoms with E-state index in [4.69, 9.17) is 9.72 Å². The zero-order chi connectivity index (χ0) is 15.3. The zero-order valence-corrected chi connectivity index (χ0v) is 13.6. The van der Waals surface area contributed by atoms with E-state index in [-0.39, 0.29) is 12.0 Å². The molecule has 3 heterocycles. The minimum absolute atomic E-state index is 0.155. The molecule has 5 heteroatoms. The van der Waals surface area contributed by atoms with Crippen LogP contribution in [0.5, 0.6) is 0 Å². The number of rotatable bonds is 2. The SMILES string of the molecule is Cc1sc([C@@H]2CCCO2)nc1-c1ccc2c(c1)CC(=O)N2C. The highest BCUT2D eigenvalue weighted by Gasteiger charge is 2.26. The first-order chi connectivity index (χ1) is 10.6. The Labute approximate surface area is 133 Å². The Morgan fingerprint density at radius 3 is 3.05 bits per heavy atom. The number of thiazole rings is 1. The third kappa shape index (κ3) is 2.16. The van der Waals surface area contributed by atoms with Gasteiger partial charge in [-0.1, -0.05) is 6.07 Å². The molecule has 0 aliphatic carbocycles. The Hall–Kier alpha value is -1.72. The van der Waals surface area contributed by atoms with Gasteiger partial charge in [0.2, 0.25) is 5.91 Å². The van der Waals surface area contributed by atoms with Gasteiger partial charge in [-0.15, -0.1) is 11.3 Å². The molecule has 1 aromatic heterocycles. The lowest BCUT2D eigenvalue weighted by atomic mass is 10.1. The van der Waals surface area contributed by atoms with Gasteiger partial charge in [-0.25, -0.2) is 4.98 Å². The normalized spacial score (nSPS) is 20.7. The van der Waals surface area contributed by atoms with Gasteiger partial charge in [0.25, 0.3) is 0 Å². The van der Waals surface area contributed by atoms with Crippen molar-refractivity contribution in [2.45, 2.75) is 32.3 Å². The van der Waals surface area contributed by atoms with Crippen molar-refractivity contribution in [3.05, 3.63) is 33.6 Å². The van der Waals surface area contributed by atoms with Crippen LogP contribution in [0.3, 0.4) is 0 Å². The van der Waals surface area contributed by atoms with E-state index in [9.17, 15) is 4.79 Å². The van der Waals surface area contributed by atoms with Crippen molar-refractivity contribution in [2.24, 2.45) is 0 Å². The number of amides is 1. The Kier molecular flexibility index (Phi) is 3.27. The Bertz CT molecular complexity index is 747. The lowest BCUT2D eigenvalue weighted by Gasteiger charge is -2.10. The molecule has 22 heavy (non-hydrogen) atoms. The minimum atomic E-state index is 0.155. The van der Waals surface area contributed by atoms with Crippen molar-refractivity contribution < 1.29 is 9.53 Å². The first kappa shape index (κ1) is 13.9. The van der Waals surface area contributed by atoms with E-state index in [0.717, 1.165) is 47.0 Å². The van der Waals surface area contributed by atoms with Gasteiger partial charge < -0.3 is 9.64 Å². The van der Waals surface area contributed by atoms with Gasteiger partial charge in [-0.05, 0) is 37.5 Å². The Balaban J connectivity index is 1.71. The summed E-state index contributed by atoms with van der Waals surface area (Å²) < 4.78 is 5.74. The van der Waals surface area contributed by atoms with Gasteiger partial charge in [-0.2, -0.15) is 0 Å². The quantitative estimate of drug-likeness (QED) is 0.852. The monoisotopic (exact) mass is 314 g/mol. The molecule has 4 nitrogen and oxygen atoms in total. The third-order valence-corrected chi connectivity index (χ3v) is 5.51. The first-order valence-electron chi connectivity index (χ1n) is 7.62. The van der Waals surface area contributed by atoms with E-state index in [0.29, 0.717) is 6.42 Å². The molecule has 0 radical (unpaired) electrons. The zero-order valence-electron chi connectivity index (χ0n) is 12.8. The lowest BCUT2D eigenvalue weighted by Crippen LogP contribution is -2.20. The molecule has 1 aromatic carbocycles. The van der Waals surface area contributed by atoms with Gasteiger partial charge >= 0.3 is 0 Å². The summed E-state index contributed by atoms with van der Waals surface area (Å²) >= 11 is 1.73. The highest BCUT2D eigenvalue weighted by molar-refractivity contribution is 7.12. The maximum atomic E-state index is 11.8. The van der Waals surface area contributed by atoms with Crippen molar-refractivity contribution in [3.63, 3.8) is 0 Å². The second kappa shape index (κ2) is 5.18. The predicted molar refractivity (Wildman–Crippen MR) is 87.3 cm³/mol. The fourth-order valence-corrected chi connectivity index (χ4v) is 4.24. The molecule has 2 aromatic rings. The van der Waals surface area contributed by atoms with Gasteiger partial charge in [0, 0.05) is 29.8 Å². The first-order valence-corrected chi connectivity index (χ1v) is 8.44. The highest BCUT2D eigenvalue weighted by atomic mass is 32.1. The van der Waals surface area contributed by atoms with Crippen LogP contribution in [0.15, 0.2) is 18.2 Å². The molecule has 0 spiro atoms. The standard InChI is InChI=1S/C17H18N2O2S/c1-10-16(18-17(22-10)14-4-3-7-21-14)11-5-6-13-12(8-11)9-15(20)19(13)2/h5-6,8,14H,3-4,7,9H2,1-2H3/t14-/m0/s1. The summed E-state index contributed by atoms with van der Waals surface area (Å²) in [6.45, 7) is 2.95. The number of aryl methyl sites for hydroxylation is 1. The molecule has 0 N–H and O–H groups in total. The Morgan fingerprint density at radius 2 is 2.27 bits per heavy atom. The molecule has 1 fully saturated rings. The van der Waals surface area contributed by atoms with Crippen LogP contribution in [-0.4, -0.2) is 24.5 Å². The number of likely N-dealkylation sites (N-methyl/N-ethyl adjacent to an activating group) is 1. The van der Waals surface area contributed by atoms with Crippen LogP contribution in [0, 0.1) is 6.92 Å². The molecular weight excluding hydrogens is 296 g/mol. The van der Waals surface area contributed by atoms with E-state index in [2.05, 4.69) is 19.1 Å². The Morgan fingerprint density at radius 1 is 1.41 bits per heavy atom. The smallest absolute Gasteiger partial charge is 0.231 e. The highest BCUT2D eigenvalue weighted by Crippen LogP contribution is 2.38. The molecule has 1 amide bonds. The fraction of sp³-hybridized carbons (Fsp3) is 0.412. The molecule has 0 unspecified atom stereocenters. The summed E-state index contributed by atoms with van der Waals surface area (Å²) in [5.74, 6) is 0.155. The van der Waals surface area contributed by atoms with E-state index >= 15 is 0 Å². The van der Waals surface area contributed by atoms with Crippen LogP contribution in [0.25, 0.3) is 11.3 Å². The van der Waals surface area contributed by atoms with Crippen molar-refractivity contribution >= 4 is 22.9 Å². The molecule has 2 aliphatic heterocycles. The topological polar surface area (TPSA) is 42.4 Å². The second-order valence-electron chi connectivity index (χ2n) is 5.93. The number of fused-ring (bicyclic) bond motifs is 1. The van der Waals surface area contributed by atoms with Crippen LogP contribution in [0.2, 0.25) is 0 Å². The van der Waals surface area contributed by atoms with Crippen LogP contribution in [-0.2, 0) is 16.0 Å². The average molecular weight is 314 g/mol. The molecule has 1 saturated heterocycles. The van der Waals surface area contributed by atoms with Crippen molar-refractivity contribution in [1.29, 1.82) is 0 Å². The van der Waals surface area contributed by atoms with Crippen molar-refractivity contribution in [3.8, 4) is 11.3 Å². The van der Waals surface area contributed by atoms with Gasteiger partial charge in [0.15, 0.2) is 0 Å². The number of benzene rings is 1. The average Bonchev–Trinajstić information content (AvgIpc) is 3.20. The van der Waals surface area contributed by atoms with E-state index in [1.165, 1.54) is 4.88 Å². The van der Waals surface area contributed by atoms with Crippen LogP contribution < -0.4 is 4.90 Å². The predicted octanol–water partition coefficient (Wildman–Crippen LogP) is 3.49. The van der Waals surface area contributed by atoms with Gasteiger partial charge in [0.1, 0.15) is 11.1 Å². The summed E-state index contributed by atoms with van der Waals surface area (Å²) in [6.07, 6.45) is 2.84. The number of hydrogen-bond donors (Lipinski definition) is 0. The van der Waals surface area contributed by atoms with E-state index in [1.807, 2.05) is 13.1 Å². The molecule has 1 atom stereocenters. The number of ether oxygens (including phenoxy) is 1. The minimum Gasteiger partial charge on any atom is -0.371 e. The third-order valence-electron chi connectivity index (χ3n) is 4.45. The van der Waals surface area contributed by atoms with Crippen molar-refractivity contribution in [1.82, 2.24) is 4.98 Å². The maximum absolute atomic E-state index is 11.8. The summed E-state index contributed by atoms with van der Waals surface area (Å²) in [5.41, 5.74) is 4.23. The number of hydrogen-bond acceptors (Lipinski definition) is 4. The van der Waals surface area contributed by atoms with Crippen LogP contribution in [0.1, 0.15) is 34.4 Å². The molecule has 114 valence electrons. The number of anilines is 1. The molecular formula is C17H18N2O2S. The molecule has 0 bridgehead atoms. The number of carbonyl (C=O) groups is 1. The fourth-order valence-electron chi connectivity index (χ4n) is 3.21.